The lowest BCUT2D eigenvalue weighted by Gasteiger charge is -2.43. The predicted molar refractivity (Wildman–Crippen MR) is 77.0 cm³/mol. The van der Waals surface area contributed by atoms with Gasteiger partial charge in [-0.25, -0.2) is 0 Å². The van der Waals surface area contributed by atoms with Crippen LogP contribution in [0.1, 0.15) is 46.0 Å². The van der Waals surface area contributed by atoms with Crippen LogP contribution in [-0.4, -0.2) is 42.9 Å². The lowest BCUT2D eigenvalue weighted by atomic mass is 9.80. The Balaban J connectivity index is 2.61. The van der Waals surface area contributed by atoms with Gasteiger partial charge in [-0.05, 0) is 40.8 Å². The third-order valence-electron chi connectivity index (χ3n) is 4.26. The number of nitrogens with zero attached hydrogens (tertiary/aromatic N) is 1. The minimum atomic E-state index is -0.482. The first-order valence-corrected chi connectivity index (χ1v) is 7.39. The van der Waals surface area contributed by atoms with Gasteiger partial charge in [0, 0.05) is 18.0 Å². The third kappa shape index (κ3) is 3.61. The average Bonchev–Trinajstić information content (AvgIpc) is 2.36. The second kappa shape index (κ2) is 6.25. The molecule has 0 aromatic carbocycles. The summed E-state index contributed by atoms with van der Waals surface area (Å²) >= 11 is 5.84. The van der Waals surface area contributed by atoms with Gasteiger partial charge in [0.1, 0.15) is 0 Å². The van der Waals surface area contributed by atoms with E-state index >= 15 is 0 Å². The molecule has 0 saturated heterocycles. The molecule has 1 N–H and O–H groups in total. The number of carbonyl (C=O) groups excluding carboxylic acids is 1. The standard InChI is InChI=1S/C14H27ClN2O/c1-13(2,10-15)12(18)16-11-14(17(3)4)8-6-5-7-9-14/h5-11H2,1-4H3,(H,16,18). The number of rotatable bonds is 5. The molecule has 1 rings (SSSR count). The summed E-state index contributed by atoms with van der Waals surface area (Å²) in [4.78, 5) is 14.4. The second-order valence-electron chi connectivity index (χ2n) is 6.38. The fourth-order valence-corrected chi connectivity index (χ4v) is 2.66. The quantitative estimate of drug-likeness (QED) is 0.782. The van der Waals surface area contributed by atoms with E-state index in [-0.39, 0.29) is 11.4 Å². The van der Waals surface area contributed by atoms with Gasteiger partial charge in [-0.1, -0.05) is 19.3 Å². The molecular formula is C14H27ClN2O. The number of hydrogen-bond acceptors (Lipinski definition) is 2. The van der Waals surface area contributed by atoms with Gasteiger partial charge in [0.25, 0.3) is 0 Å². The molecule has 1 saturated carbocycles. The van der Waals surface area contributed by atoms with Crippen molar-refractivity contribution in [3.05, 3.63) is 0 Å². The molecule has 18 heavy (non-hydrogen) atoms. The Morgan fingerprint density at radius 1 is 1.28 bits per heavy atom. The molecule has 1 aliphatic rings. The van der Waals surface area contributed by atoms with Crippen molar-refractivity contribution >= 4 is 17.5 Å². The molecule has 1 fully saturated rings. The molecule has 0 atom stereocenters. The van der Waals surface area contributed by atoms with E-state index in [9.17, 15) is 4.79 Å². The highest BCUT2D eigenvalue weighted by atomic mass is 35.5. The van der Waals surface area contributed by atoms with Crippen molar-refractivity contribution in [1.29, 1.82) is 0 Å². The Bertz CT molecular complexity index is 284. The van der Waals surface area contributed by atoms with Gasteiger partial charge >= 0.3 is 0 Å². The van der Waals surface area contributed by atoms with Crippen LogP contribution < -0.4 is 5.32 Å². The van der Waals surface area contributed by atoms with Crippen LogP contribution in [0.3, 0.4) is 0 Å². The summed E-state index contributed by atoms with van der Waals surface area (Å²) in [5.41, 5.74) is -0.347. The van der Waals surface area contributed by atoms with Crippen LogP contribution in [0.15, 0.2) is 0 Å². The summed E-state index contributed by atoms with van der Waals surface area (Å²) in [6.45, 7) is 4.51. The highest BCUT2D eigenvalue weighted by Crippen LogP contribution is 2.31. The summed E-state index contributed by atoms with van der Waals surface area (Å²) < 4.78 is 0. The Labute approximate surface area is 116 Å². The number of halogens is 1. The molecule has 1 aliphatic carbocycles. The first-order chi connectivity index (χ1) is 8.34. The molecule has 3 nitrogen and oxygen atoms in total. The van der Waals surface area contributed by atoms with Crippen molar-refractivity contribution in [2.24, 2.45) is 5.41 Å². The van der Waals surface area contributed by atoms with E-state index in [0.717, 1.165) is 6.54 Å². The zero-order chi connectivity index (χ0) is 13.8. The lowest BCUT2D eigenvalue weighted by molar-refractivity contribution is -0.129. The van der Waals surface area contributed by atoms with E-state index in [1.807, 2.05) is 13.8 Å². The minimum Gasteiger partial charge on any atom is -0.354 e. The summed E-state index contributed by atoms with van der Waals surface area (Å²) in [5, 5.41) is 3.10. The SMILES string of the molecule is CN(C)C1(CNC(=O)C(C)(C)CCl)CCCCC1. The van der Waals surface area contributed by atoms with Crippen molar-refractivity contribution in [2.75, 3.05) is 26.5 Å². The topological polar surface area (TPSA) is 32.3 Å². The number of carbonyl (C=O) groups is 1. The van der Waals surface area contributed by atoms with Crippen LogP contribution in [0.25, 0.3) is 0 Å². The molecular weight excluding hydrogens is 248 g/mol. The number of hydrogen-bond donors (Lipinski definition) is 1. The smallest absolute Gasteiger partial charge is 0.226 e. The Hall–Kier alpha value is -0.280. The maximum Gasteiger partial charge on any atom is 0.226 e. The molecule has 106 valence electrons. The molecule has 0 heterocycles. The molecule has 0 unspecified atom stereocenters. The van der Waals surface area contributed by atoms with Gasteiger partial charge < -0.3 is 10.2 Å². The molecule has 0 spiro atoms. The molecule has 0 radical (unpaired) electrons. The third-order valence-corrected chi connectivity index (χ3v) is 4.93. The van der Waals surface area contributed by atoms with Crippen LogP contribution in [0.5, 0.6) is 0 Å². The van der Waals surface area contributed by atoms with Crippen molar-refractivity contribution in [3.63, 3.8) is 0 Å². The first-order valence-electron chi connectivity index (χ1n) is 6.86. The Kier molecular flexibility index (Phi) is 5.47. The normalized spacial score (nSPS) is 19.9. The minimum absolute atomic E-state index is 0.0595. The van der Waals surface area contributed by atoms with Crippen molar-refractivity contribution < 1.29 is 4.79 Å². The van der Waals surface area contributed by atoms with E-state index in [1.165, 1.54) is 32.1 Å². The van der Waals surface area contributed by atoms with E-state index in [2.05, 4.69) is 24.3 Å². The summed E-state index contributed by atoms with van der Waals surface area (Å²) in [7, 11) is 4.23. The van der Waals surface area contributed by atoms with E-state index < -0.39 is 5.41 Å². The maximum atomic E-state index is 12.1. The van der Waals surface area contributed by atoms with Crippen molar-refractivity contribution in [1.82, 2.24) is 10.2 Å². The van der Waals surface area contributed by atoms with Gasteiger partial charge in [-0.2, -0.15) is 0 Å². The maximum absolute atomic E-state index is 12.1. The first kappa shape index (κ1) is 15.8. The largest absolute Gasteiger partial charge is 0.354 e. The number of nitrogens with one attached hydrogen (secondary N) is 1. The number of likely N-dealkylation sites (N-methyl/N-ethyl adjacent to an activating group) is 1. The molecule has 0 bridgehead atoms. The van der Waals surface area contributed by atoms with E-state index in [4.69, 9.17) is 11.6 Å². The Morgan fingerprint density at radius 2 is 1.83 bits per heavy atom. The second-order valence-corrected chi connectivity index (χ2v) is 6.65. The Morgan fingerprint density at radius 3 is 2.28 bits per heavy atom. The van der Waals surface area contributed by atoms with E-state index in [1.54, 1.807) is 0 Å². The fraction of sp³-hybridized carbons (Fsp3) is 0.929. The predicted octanol–water partition coefficient (Wildman–Crippen LogP) is 2.63. The number of amides is 1. The van der Waals surface area contributed by atoms with Gasteiger partial charge in [-0.3, -0.25) is 4.79 Å². The zero-order valence-electron chi connectivity index (χ0n) is 12.2. The zero-order valence-corrected chi connectivity index (χ0v) is 12.9. The van der Waals surface area contributed by atoms with Crippen molar-refractivity contribution in [3.8, 4) is 0 Å². The van der Waals surface area contributed by atoms with Crippen LogP contribution in [0.2, 0.25) is 0 Å². The number of alkyl halides is 1. The van der Waals surface area contributed by atoms with Crippen LogP contribution in [0, 0.1) is 5.41 Å². The molecule has 0 aromatic heterocycles. The molecule has 0 aromatic rings. The monoisotopic (exact) mass is 274 g/mol. The van der Waals surface area contributed by atoms with Gasteiger partial charge in [0.05, 0.1) is 5.41 Å². The summed E-state index contributed by atoms with van der Waals surface area (Å²) in [6, 6.07) is 0. The summed E-state index contributed by atoms with van der Waals surface area (Å²) in [5.74, 6) is 0.414. The summed E-state index contributed by atoms with van der Waals surface area (Å²) in [6.07, 6.45) is 6.17. The molecule has 4 heteroatoms. The molecule has 1 amide bonds. The van der Waals surface area contributed by atoms with E-state index in [0.29, 0.717) is 5.88 Å². The lowest BCUT2D eigenvalue weighted by Crippen LogP contribution is -2.55. The fourth-order valence-electron chi connectivity index (χ4n) is 2.54. The molecule has 0 aliphatic heterocycles. The van der Waals surface area contributed by atoms with Crippen LogP contribution in [0.4, 0.5) is 0 Å². The van der Waals surface area contributed by atoms with Crippen LogP contribution in [-0.2, 0) is 4.79 Å². The van der Waals surface area contributed by atoms with Crippen molar-refractivity contribution in [2.45, 2.75) is 51.5 Å². The van der Waals surface area contributed by atoms with Crippen LogP contribution >= 0.6 is 11.6 Å². The van der Waals surface area contributed by atoms with Gasteiger partial charge in [-0.15, -0.1) is 11.6 Å². The highest BCUT2D eigenvalue weighted by molar-refractivity contribution is 6.19. The van der Waals surface area contributed by atoms with Gasteiger partial charge in [0.2, 0.25) is 5.91 Å². The van der Waals surface area contributed by atoms with Gasteiger partial charge in [0.15, 0.2) is 0 Å². The average molecular weight is 275 g/mol. The highest BCUT2D eigenvalue weighted by Gasteiger charge is 2.36.